The van der Waals surface area contributed by atoms with Crippen molar-refractivity contribution in [3.63, 3.8) is 0 Å². The molecule has 0 saturated heterocycles. The van der Waals surface area contributed by atoms with Crippen molar-refractivity contribution in [1.29, 1.82) is 0 Å². The zero-order valence-corrected chi connectivity index (χ0v) is 9.19. The molecule has 1 heterocycles. The third kappa shape index (κ3) is 3.02. The predicted molar refractivity (Wildman–Crippen MR) is 52.2 cm³/mol. The molecule has 16 heavy (non-hydrogen) atoms. The summed E-state index contributed by atoms with van der Waals surface area (Å²) in [6, 6.07) is -1.33. The van der Waals surface area contributed by atoms with Gasteiger partial charge in [-0.05, 0) is 0 Å². The summed E-state index contributed by atoms with van der Waals surface area (Å²) in [5, 5.41) is 8.53. The van der Waals surface area contributed by atoms with Gasteiger partial charge < -0.3 is 14.8 Å². The second-order valence-corrected chi connectivity index (χ2v) is 4.57. The van der Waals surface area contributed by atoms with Crippen LogP contribution < -0.4 is 4.72 Å². The van der Waals surface area contributed by atoms with E-state index >= 15 is 0 Å². The number of carbonyl (C=O) groups is 1. The summed E-state index contributed by atoms with van der Waals surface area (Å²) in [5.74, 6) is -1.31. The number of methoxy groups -OCH3 is 1. The number of hydrogen-bond acceptors (Lipinski definition) is 5. The summed E-state index contributed by atoms with van der Waals surface area (Å²) >= 11 is 0. The second-order valence-electron chi connectivity index (χ2n) is 2.88. The van der Waals surface area contributed by atoms with Crippen molar-refractivity contribution in [3.05, 3.63) is 12.5 Å². The number of nitrogens with one attached hydrogen (secondary N) is 2. The molecule has 8 nitrogen and oxygen atoms in total. The lowest BCUT2D eigenvalue weighted by molar-refractivity contribution is -0.140. The van der Waals surface area contributed by atoms with E-state index in [1.807, 2.05) is 4.72 Å². The lowest BCUT2D eigenvalue weighted by Gasteiger charge is -2.12. The molecule has 0 bridgehead atoms. The number of rotatable bonds is 6. The number of nitrogens with zero attached hydrogens (tertiary/aromatic N) is 1. The molecule has 1 aromatic rings. The summed E-state index contributed by atoms with van der Waals surface area (Å²) in [7, 11) is -2.63. The van der Waals surface area contributed by atoms with Gasteiger partial charge in [-0.2, -0.15) is 4.72 Å². The van der Waals surface area contributed by atoms with E-state index in [0.717, 1.165) is 6.20 Å². The van der Waals surface area contributed by atoms with Crippen molar-refractivity contribution in [2.45, 2.75) is 11.1 Å². The highest BCUT2D eigenvalue weighted by molar-refractivity contribution is 7.89. The van der Waals surface area contributed by atoms with Crippen LogP contribution in [0.2, 0.25) is 0 Å². The van der Waals surface area contributed by atoms with Gasteiger partial charge in [0.05, 0.1) is 19.1 Å². The average Bonchev–Trinajstić information content (AvgIpc) is 2.69. The van der Waals surface area contributed by atoms with Crippen LogP contribution in [0.3, 0.4) is 0 Å². The Bertz CT molecular complexity index is 441. The molecule has 0 aliphatic rings. The summed E-state index contributed by atoms with van der Waals surface area (Å²) < 4.78 is 29.7. The van der Waals surface area contributed by atoms with Crippen LogP contribution in [0.5, 0.6) is 0 Å². The fourth-order valence-electron chi connectivity index (χ4n) is 0.963. The van der Waals surface area contributed by atoms with Crippen LogP contribution >= 0.6 is 0 Å². The van der Waals surface area contributed by atoms with Gasteiger partial charge in [-0.1, -0.05) is 0 Å². The highest BCUT2D eigenvalue weighted by Gasteiger charge is 2.25. The van der Waals surface area contributed by atoms with Crippen LogP contribution in [0.25, 0.3) is 0 Å². The number of aromatic nitrogens is 2. The smallest absolute Gasteiger partial charge is 0.324 e. The first-order valence-electron chi connectivity index (χ1n) is 4.20. The van der Waals surface area contributed by atoms with E-state index in [9.17, 15) is 13.2 Å². The minimum atomic E-state index is -3.91. The number of hydrogen-bond donors (Lipinski definition) is 3. The molecular weight excluding hydrogens is 238 g/mol. The summed E-state index contributed by atoms with van der Waals surface area (Å²) in [6.07, 6.45) is 2.26. The quantitative estimate of drug-likeness (QED) is 0.581. The van der Waals surface area contributed by atoms with Gasteiger partial charge in [-0.3, -0.25) is 4.79 Å². The molecule has 0 aliphatic carbocycles. The van der Waals surface area contributed by atoms with E-state index in [1.165, 1.54) is 13.4 Å². The molecule has 9 heteroatoms. The fourth-order valence-corrected chi connectivity index (χ4v) is 2.04. The summed E-state index contributed by atoms with van der Waals surface area (Å²) in [6.45, 7) is -0.261. The van der Waals surface area contributed by atoms with Crippen molar-refractivity contribution in [2.75, 3.05) is 13.7 Å². The molecule has 1 aromatic heterocycles. The van der Waals surface area contributed by atoms with Crippen molar-refractivity contribution in [3.8, 4) is 0 Å². The molecule has 0 radical (unpaired) electrons. The minimum absolute atomic E-state index is 0.199. The maximum Gasteiger partial charge on any atom is 0.324 e. The van der Waals surface area contributed by atoms with E-state index in [4.69, 9.17) is 5.11 Å². The van der Waals surface area contributed by atoms with Crippen molar-refractivity contribution >= 4 is 16.0 Å². The zero-order chi connectivity index (χ0) is 12.2. The van der Waals surface area contributed by atoms with Gasteiger partial charge >= 0.3 is 5.97 Å². The lowest BCUT2D eigenvalue weighted by atomic mass is 10.3. The van der Waals surface area contributed by atoms with Gasteiger partial charge in [0.2, 0.25) is 0 Å². The van der Waals surface area contributed by atoms with E-state index < -0.39 is 22.0 Å². The van der Waals surface area contributed by atoms with E-state index in [0.29, 0.717) is 0 Å². The van der Waals surface area contributed by atoms with Crippen LogP contribution in [0.4, 0.5) is 0 Å². The van der Waals surface area contributed by atoms with Crippen LogP contribution in [0, 0.1) is 0 Å². The van der Waals surface area contributed by atoms with Crippen molar-refractivity contribution < 1.29 is 23.1 Å². The molecule has 90 valence electrons. The van der Waals surface area contributed by atoms with Crippen LogP contribution in [-0.2, 0) is 19.6 Å². The molecular formula is C7H11N3O5S. The van der Waals surface area contributed by atoms with Gasteiger partial charge in [0, 0.05) is 7.11 Å². The van der Waals surface area contributed by atoms with Crippen molar-refractivity contribution in [2.24, 2.45) is 0 Å². The van der Waals surface area contributed by atoms with E-state index in [2.05, 4.69) is 14.7 Å². The highest BCUT2D eigenvalue weighted by Crippen LogP contribution is 2.03. The van der Waals surface area contributed by atoms with Gasteiger partial charge in [-0.25, -0.2) is 13.4 Å². The first-order valence-corrected chi connectivity index (χ1v) is 5.68. The maximum atomic E-state index is 11.6. The first kappa shape index (κ1) is 12.6. The Hall–Kier alpha value is -1.45. The zero-order valence-electron chi connectivity index (χ0n) is 8.37. The number of H-pyrrole nitrogens is 1. The number of imidazole rings is 1. The molecule has 0 aliphatic heterocycles. The molecule has 1 rings (SSSR count). The normalized spacial score (nSPS) is 13.6. The Balaban J connectivity index is 2.82. The van der Waals surface area contributed by atoms with Gasteiger partial charge in [0.15, 0.2) is 5.03 Å². The van der Waals surface area contributed by atoms with Crippen LogP contribution in [0.1, 0.15) is 0 Å². The molecule has 3 N–H and O–H groups in total. The Labute approximate surface area is 91.7 Å². The lowest BCUT2D eigenvalue weighted by Crippen LogP contribution is -2.43. The third-order valence-electron chi connectivity index (χ3n) is 1.69. The molecule has 0 spiro atoms. The Morgan fingerprint density at radius 3 is 2.88 bits per heavy atom. The van der Waals surface area contributed by atoms with Crippen molar-refractivity contribution in [1.82, 2.24) is 14.7 Å². The fraction of sp³-hybridized carbons (Fsp3) is 0.429. The number of aromatic amines is 1. The van der Waals surface area contributed by atoms with E-state index in [1.54, 1.807) is 0 Å². The number of ether oxygens (including phenoxy) is 1. The Kier molecular flexibility index (Phi) is 3.99. The maximum absolute atomic E-state index is 11.6. The molecule has 1 unspecified atom stereocenters. The Morgan fingerprint density at radius 1 is 1.75 bits per heavy atom. The number of carboxylic acid groups (broad SMARTS) is 1. The summed E-state index contributed by atoms with van der Waals surface area (Å²) in [5.41, 5.74) is 0. The molecule has 0 amide bonds. The third-order valence-corrected chi connectivity index (χ3v) is 3.09. The second kappa shape index (κ2) is 5.05. The predicted octanol–water partition coefficient (Wildman–Crippen LogP) is -1.21. The van der Waals surface area contributed by atoms with Crippen LogP contribution in [0.15, 0.2) is 17.6 Å². The average molecular weight is 249 g/mol. The largest absolute Gasteiger partial charge is 0.480 e. The number of carboxylic acids is 1. The molecule has 0 saturated carbocycles. The SMILES string of the molecule is COCC(NS(=O)(=O)c1cnc[nH]1)C(=O)O. The molecule has 0 aromatic carbocycles. The van der Waals surface area contributed by atoms with Gasteiger partial charge in [0.1, 0.15) is 6.04 Å². The number of aliphatic carboxylic acids is 1. The molecule has 0 fully saturated rings. The molecule has 1 atom stereocenters. The Morgan fingerprint density at radius 2 is 2.44 bits per heavy atom. The summed E-state index contributed by atoms with van der Waals surface area (Å²) in [4.78, 5) is 16.6. The standard InChI is InChI=1S/C7H11N3O5S/c1-15-3-5(7(11)12)10-16(13,14)6-2-8-4-9-6/h2,4-5,10H,3H2,1H3,(H,8,9)(H,11,12). The van der Waals surface area contributed by atoms with Crippen LogP contribution in [-0.4, -0.2) is 49.2 Å². The monoisotopic (exact) mass is 249 g/mol. The first-order chi connectivity index (χ1) is 7.47. The van der Waals surface area contributed by atoms with Gasteiger partial charge in [-0.15, -0.1) is 0 Å². The van der Waals surface area contributed by atoms with Gasteiger partial charge in [0.25, 0.3) is 10.0 Å². The minimum Gasteiger partial charge on any atom is -0.480 e. The highest BCUT2D eigenvalue weighted by atomic mass is 32.2. The van der Waals surface area contributed by atoms with E-state index in [-0.39, 0.29) is 11.6 Å². The topological polar surface area (TPSA) is 121 Å². The number of sulfonamides is 1.